The average Bonchev–Trinajstić information content (AvgIpc) is 2.95. The van der Waals surface area contributed by atoms with Crippen LogP contribution in [0.4, 0.5) is 0 Å². The molecule has 15 N–H and O–H groups in total. The van der Waals surface area contributed by atoms with Crippen molar-refractivity contribution in [3.05, 3.63) is 0 Å². The van der Waals surface area contributed by atoms with Crippen LogP contribution < -0.4 is 50.4 Å². The van der Waals surface area contributed by atoms with Gasteiger partial charge in [0.05, 0.1) is 0 Å². The molecular formula is C27H69N13. The number of hydrogen-bond acceptors (Lipinski definition) is 13. The summed E-state index contributed by atoms with van der Waals surface area (Å²) in [5, 5.41) is 10.5. The SMILES string of the molecule is NCCNCCN(CCNCCN)CCN(CCCCCNCCN(CCN)CCN)CCN(CCN)CCN. The summed E-state index contributed by atoms with van der Waals surface area (Å²) in [7, 11) is 0. The van der Waals surface area contributed by atoms with Crippen LogP contribution in [-0.2, 0) is 0 Å². The Morgan fingerprint density at radius 2 is 0.625 bits per heavy atom. The van der Waals surface area contributed by atoms with Gasteiger partial charge in [-0.25, -0.2) is 0 Å². The molecule has 0 aromatic heterocycles. The molecule has 13 nitrogen and oxygen atoms in total. The highest BCUT2D eigenvalue weighted by Gasteiger charge is 2.12. The van der Waals surface area contributed by atoms with Crippen LogP contribution in [0.3, 0.4) is 0 Å². The van der Waals surface area contributed by atoms with Gasteiger partial charge in [-0.2, -0.15) is 0 Å². The highest BCUT2D eigenvalue weighted by Crippen LogP contribution is 2.01. The van der Waals surface area contributed by atoms with Gasteiger partial charge in [-0.05, 0) is 25.9 Å². The standard InChI is InChI=1S/C27H69N13/c28-4-11-35-14-22-40(23-15-36-12-5-29)27-25-37(24-26-39(19-8-32)20-9-33)16-3-1-2-10-34-13-21-38(17-6-30)18-7-31/h34-36H,1-33H2. The second kappa shape index (κ2) is 31.4. The van der Waals surface area contributed by atoms with E-state index in [1.165, 1.54) is 19.3 Å². The summed E-state index contributed by atoms with van der Waals surface area (Å²) in [6.45, 7) is 21.7. The number of nitrogens with two attached hydrogens (primary N) is 6. The van der Waals surface area contributed by atoms with Gasteiger partial charge in [-0.15, -0.1) is 0 Å². The molecule has 0 rings (SSSR count). The van der Waals surface area contributed by atoms with E-state index in [2.05, 4.69) is 35.6 Å². The van der Waals surface area contributed by atoms with Gasteiger partial charge in [0.25, 0.3) is 0 Å². The van der Waals surface area contributed by atoms with Gasteiger partial charge in [-0.1, -0.05) is 6.42 Å². The van der Waals surface area contributed by atoms with Crippen LogP contribution in [0, 0.1) is 0 Å². The number of unbranched alkanes of at least 4 members (excludes halogenated alkanes) is 2. The minimum atomic E-state index is 0.669. The Morgan fingerprint density at radius 3 is 1.02 bits per heavy atom. The lowest BCUT2D eigenvalue weighted by atomic mass is 10.2. The molecular weight excluding hydrogens is 506 g/mol. The molecule has 0 saturated heterocycles. The van der Waals surface area contributed by atoms with E-state index in [0.29, 0.717) is 39.3 Å². The molecule has 0 saturated carbocycles. The Morgan fingerprint density at radius 1 is 0.275 bits per heavy atom. The lowest BCUT2D eigenvalue weighted by Crippen LogP contribution is -2.45. The zero-order valence-corrected chi connectivity index (χ0v) is 25.8. The predicted molar refractivity (Wildman–Crippen MR) is 173 cm³/mol. The molecule has 13 heteroatoms. The Hall–Kier alpha value is -0.520. The van der Waals surface area contributed by atoms with Crippen molar-refractivity contribution in [2.24, 2.45) is 34.4 Å². The molecule has 0 fully saturated rings. The van der Waals surface area contributed by atoms with Crippen LogP contribution in [0.25, 0.3) is 0 Å². The van der Waals surface area contributed by atoms with E-state index >= 15 is 0 Å². The van der Waals surface area contributed by atoms with E-state index in [1.54, 1.807) is 0 Å². The van der Waals surface area contributed by atoms with Crippen molar-refractivity contribution >= 4 is 0 Å². The Bertz CT molecular complexity index is 465. The summed E-state index contributed by atoms with van der Waals surface area (Å²) in [6, 6.07) is 0. The maximum atomic E-state index is 5.85. The third-order valence-corrected chi connectivity index (χ3v) is 7.03. The highest BCUT2D eigenvalue weighted by atomic mass is 15.2. The smallest absolute Gasteiger partial charge is 0.0110 e. The zero-order valence-electron chi connectivity index (χ0n) is 25.8. The fourth-order valence-electron chi connectivity index (χ4n) is 4.69. The molecule has 0 aliphatic heterocycles. The zero-order chi connectivity index (χ0) is 29.5. The van der Waals surface area contributed by atoms with E-state index in [-0.39, 0.29) is 0 Å². The maximum absolute atomic E-state index is 5.85. The largest absolute Gasteiger partial charge is 0.329 e. The lowest BCUT2D eigenvalue weighted by Gasteiger charge is -2.30. The molecule has 0 unspecified atom stereocenters. The van der Waals surface area contributed by atoms with Gasteiger partial charge in [0.1, 0.15) is 0 Å². The van der Waals surface area contributed by atoms with Crippen molar-refractivity contribution in [1.82, 2.24) is 35.6 Å². The van der Waals surface area contributed by atoms with Crippen LogP contribution in [-0.4, -0.2) is 177 Å². The van der Waals surface area contributed by atoms with Gasteiger partial charge >= 0.3 is 0 Å². The molecule has 0 amide bonds. The first-order valence-electron chi connectivity index (χ1n) is 15.9. The normalized spacial score (nSPS) is 12.2. The molecule has 0 radical (unpaired) electrons. The van der Waals surface area contributed by atoms with Gasteiger partial charge in [-0.3, -0.25) is 14.7 Å². The van der Waals surface area contributed by atoms with E-state index in [0.717, 1.165) is 118 Å². The van der Waals surface area contributed by atoms with Gasteiger partial charge < -0.3 is 55.3 Å². The topological polar surface area (TPSA) is 205 Å². The monoisotopic (exact) mass is 576 g/mol. The van der Waals surface area contributed by atoms with E-state index in [1.807, 2.05) is 0 Å². The summed E-state index contributed by atoms with van der Waals surface area (Å²) in [5.74, 6) is 0. The highest BCUT2D eigenvalue weighted by molar-refractivity contribution is 4.70. The van der Waals surface area contributed by atoms with Crippen LogP contribution >= 0.6 is 0 Å². The second-order valence-corrected chi connectivity index (χ2v) is 10.4. The van der Waals surface area contributed by atoms with Crippen molar-refractivity contribution in [3.8, 4) is 0 Å². The molecule has 0 aliphatic carbocycles. The van der Waals surface area contributed by atoms with Crippen LogP contribution in [0.15, 0.2) is 0 Å². The predicted octanol–water partition coefficient (Wildman–Crippen LogP) is -4.11. The Labute approximate surface area is 246 Å². The minimum Gasteiger partial charge on any atom is -0.329 e. The molecule has 0 aromatic rings. The Balaban J connectivity index is 4.65. The number of hydrogen-bond donors (Lipinski definition) is 9. The summed E-state index contributed by atoms with van der Waals surface area (Å²) < 4.78 is 0. The minimum absolute atomic E-state index is 0.669. The quantitative estimate of drug-likeness (QED) is 0.0342. The molecule has 40 heavy (non-hydrogen) atoms. The molecule has 0 aliphatic rings. The molecule has 242 valence electrons. The molecule has 0 aromatic carbocycles. The first-order valence-corrected chi connectivity index (χ1v) is 15.9. The maximum Gasteiger partial charge on any atom is 0.0110 e. The van der Waals surface area contributed by atoms with Crippen LogP contribution in [0.1, 0.15) is 19.3 Å². The fourth-order valence-corrected chi connectivity index (χ4v) is 4.69. The van der Waals surface area contributed by atoms with Crippen LogP contribution in [0.2, 0.25) is 0 Å². The second-order valence-electron chi connectivity index (χ2n) is 10.4. The van der Waals surface area contributed by atoms with E-state index in [9.17, 15) is 0 Å². The van der Waals surface area contributed by atoms with E-state index in [4.69, 9.17) is 34.4 Å². The summed E-state index contributed by atoms with van der Waals surface area (Å²) >= 11 is 0. The van der Waals surface area contributed by atoms with Crippen molar-refractivity contribution in [1.29, 1.82) is 0 Å². The van der Waals surface area contributed by atoms with Gasteiger partial charge in [0.2, 0.25) is 0 Å². The summed E-state index contributed by atoms with van der Waals surface area (Å²) in [5.41, 5.74) is 34.4. The first-order chi connectivity index (χ1) is 19.6. The fraction of sp³-hybridized carbons (Fsp3) is 1.00. The molecule has 0 bridgehead atoms. The summed E-state index contributed by atoms with van der Waals surface area (Å²) in [6.07, 6.45) is 3.63. The molecule has 0 heterocycles. The average molecular weight is 576 g/mol. The third-order valence-electron chi connectivity index (χ3n) is 7.03. The number of nitrogens with one attached hydrogen (secondary N) is 3. The summed E-state index contributed by atoms with van der Waals surface area (Å²) in [4.78, 5) is 9.88. The van der Waals surface area contributed by atoms with E-state index < -0.39 is 0 Å². The van der Waals surface area contributed by atoms with Gasteiger partial charge in [0, 0.05) is 144 Å². The lowest BCUT2D eigenvalue weighted by molar-refractivity contribution is 0.176. The number of nitrogens with zero attached hydrogens (tertiary/aromatic N) is 4. The third kappa shape index (κ3) is 25.2. The van der Waals surface area contributed by atoms with Crippen molar-refractivity contribution in [2.45, 2.75) is 19.3 Å². The van der Waals surface area contributed by atoms with Crippen molar-refractivity contribution in [2.75, 3.05) is 157 Å². The number of rotatable bonds is 33. The van der Waals surface area contributed by atoms with Gasteiger partial charge in [0.15, 0.2) is 0 Å². The molecule has 0 atom stereocenters. The van der Waals surface area contributed by atoms with Crippen LogP contribution in [0.5, 0.6) is 0 Å². The van der Waals surface area contributed by atoms with Crippen molar-refractivity contribution < 1.29 is 0 Å². The first kappa shape index (κ1) is 39.5. The Kier molecular flexibility index (Phi) is 31.0. The van der Waals surface area contributed by atoms with Crippen molar-refractivity contribution in [3.63, 3.8) is 0 Å². The molecule has 0 spiro atoms.